The molecule has 1 aromatic rings. The molecule has 0 aliphatic carbocycles. The molecule has 16 heavy (non-hydrogen) atoms. The zero-order chi connectivity index (χ0) is 11.8. The molecule has 0 amide bonds. The first kappa shape index (κ1) is 13.3. The van der Waals surface area contributed by atoms with Crippen LogP contribution in [0, 0.1) is 0 Å². The summed E-state index contributed by atoms with van der Waals surface area (Å²) < 4.78 is 5.69. The molecular weight excluding hydrogens is 222 g/mol. The number of unbranched alkanes of at least 4 members (excludes halogenated alkanes) is 1. The lowest BCUT2D eigenvalue weighted by Crippen LogP contribution is -2.31. The number of likely N-dealkylation sites (N-methyl/N-ethyl adjacent to an activating group) is 1. The Morgan fingerprint density at radius 3 is 2.56 bits per heavy atom. The summed E-state index contributed by atoms with van der Waals surface area (Å²) in [6, 6.07) is 7.91. The molecule has 1 N–H and O–H groups in total. The summed E-state index contributed by atoms with van der Waals surface area (Å²) in [5.41, 5.74) is 0. The van der Waals surface area contributed by atoms with Crippen LogP contribution in [0.15, 0.2) is 24.3 Å². The van der Waals surface area contributed by atoms with E-state index in [9.17, 15) is 0 Å². The molecule has 0 radical (unpaired) electrons. The van der Waals surface area contributed by atoms with E-state index in [1.165, 1.54) is 12.8 Å². The maximum absolute atomic E-state index is 5.80. The van der Waals surface area contributed by atoms with E-state index in [1.54, 1.807) is 0 Å². The van der Waals surface area contributed by atoms with Gasteiger partial charge in [-0.2, -0.15) is 0 Å². The van der Waals surface area contributed by atoms with Gasteiger partial charge in [-0.3, -0.25) is 0 Å². The second-order valence-electron chi connectivity index (χ2n) is 3.89. The van der Waals surface area contributed by atoms with Crippen LogP contribution in [0.4, 0.5) is 0 Å². The average Bonchev–Trinajstić information content (AvgIpc) is 2.32. The summed E-state index contributed by atoms with van der Waals surface area (Å²) in [4.78, 5) is 0. The predicted molar refractivity (Wildman–Crippen MR) is 69.3 cm³/mol. The van der Waals surface area contributed by atoms with E-state index >= 15 is 0 Å². The topological polar surface area (TPSA) is 21.3 Å². The van der Waals surface area contributed by atoms with Gasteiger partial charge in [0.25, 0.3) is 0 Å². The van der Waals surface area contributed by atoms with Crippen molar-refractivity contribution in [2.45, 2.75) is 32.2 Å². The summed E-state index contributed by atoms with van der Waals surface area (Å²) in [5, 5.41) is 4.01. The molecule has 0 aliphatic rings. The van der Waals surface area contributed by atoms with Crippen LogP contribution in [0.2, 0.25) is 5.02 Å². The SMILES string of the molecule is CCCCC(COc1ccc(Cl)cc1)NC. The summed E-state index contributed by atoms with van der Waals surface area (Å²) in [6.45, 7) is 2.91. The molecule has 1 unspecified atom stereocenters. The Morgan fingerprint density at radius 1 is 1.31 bits per heavy atom. The van der Waals surface area contributed by atoms with Crippen LogP contribution in [0.3, 0.4) is 0 Å². The Morgan fingerprint density at radius 2 is 2.00 bits per heavy atom. The first-order valence-corrected chi connectivity index (χ1v) is 6.19. The van der Waals surface area contributed by atoms with Crippen LogP contribution in [0.1, 0.15) is 26.2 Å². The van der Waals surface area contributed by atoms with Crippen molar-refractivity contribution in [1.29, 1.82) is 0 Å². The van der Waals surface area contributed by atoms with Crippen LogP contribution in [0.5, 0.6) is 5.75 Å². The minimum absolute atomic E-state index is 0.427. The molecule has 1 rings (SSSR count). The minimum atomic E-state index is 0.427. The van der Waals surface area contributed by atoms with Crippen molar-refractivity contribution >= 4 is 11.6 Å². The molecule has 0 aliphatic heterocycles. The van der Waals surface area contributed by atoms with E-state index in [0.717, 1.165) is 17.2 Å². The molecule has 1 atom stereocenters. The highest BCUT2D eigenvalue weighted by Crippen LogP contribution is 2.16. The second-order valence-corrected chi connectivity index (χ2v) is 4.33. The fraction of sp³-hybridized carbons (Fsp3) is 0.538. The van der Waals surface area contributed by atoms with Crippen LogP contribution >= 0.6 is 11.6 Å². The van der Waals surface area contributed by atoms with Gasteiger partial charge < -0.3 is 10.1 Å². The lowest BCUT2D eigenvalue weighted by Gasteiger charge is -2.16. The van der Waals surface area contributed by atoms with Crippen LogP contribution < -0.4 is 10.1 Å². The van der Waals surface area contributed by atoms with Crippen molar-refractivity contribution in [1.82, 2.24) is 5.32 Å². The molecule has 2 nitrogen and oxygen atoms in total. The summed E-state index contributed by atoms with van der Waals surface area (Å²) in [7, 11) is 1.98. The van der Waals surface area contributed by atoms with E-state index < -0.39 is 0 Å². The fourth-order valence-corrected chi connectivity index (χ4v) is 1.62. The van der Waals surface area contributed by atoms with Gasteiger partial charge in [0.15, 0.2) is 0 Å². The normalized spacial score (nSPS) is 12.4. The highest BCUT2D eigenvalue weighted by molar-refractivity contribution is 6.30. The largest absolute Gasteiger partial charge is 0.492 e. The Labute approximate surface area is 103 Å². The minimum Gasteiger partial charge on any atom is -0.492 e. The molecular formula is C13H20ClNO. The summed E-state index contributed by atoms with van der Waals surface area (Å²) in [6.07, 6.45) is 3.61. The fourth-order valence-electron chi connectivity index (χ4n) is 1.49. The van der Waals surface area contributed by atoms with Crippen molar-refractivity contribution in [2.75, 3.05) is 13.7 Å². The van der Waals surface area contributed by atoms with E-state index in [0.29, 0.717) is 12.6 Å². The predicted octanol–water partition coefficient (Wildman–Crippen LogP) is 3.50. The van der Waals surface area contributed by atoms with E-state index in [-0.39, 0.29) is 0 Å². The highest BCUT2D eigenvalue weighted by Gasteiger charge is 2.05. The lowest BCUT2D eigenvalue weighted by atomic mass is 10.1. The highest BCUT2D eigenvalue weighted by atomic mass is 35.5. The number of hydrogen-bond acceptors (Lipinski definition) is 2. The lowest BCUT2D eigenvalue weighted by molar-refractivity contribution is 0.261. The number of ether oxygens (including phenoxy) is 1. The van der Waals surface area contributed by atoms with Gasteiger partial charge in [0, 0.05) is 11.1 Å². The Kier molecular flexibility index (Phi) is 6.27. The molecule has 0 fully saturated rings. The Balaban J connectivity index is 2.34. The van der Waals surface area contributed by atoms with Gasteiger partial charge in [-0.25, -0.2) is 0 Å². The monoisotopic (exact) mass is 241 g/mol. The molecule has 0 saturated carbocycles. The van der Waals surface area contributed by atoms with Crippen LogP contribution in [-0.4, -0.2) is 19.7 Å². The van der Waals surface area contributed by atoms with Gasteiger partial charge in [0.2, 0.25) is 0 Å². The molecule has 0 saturated heterocycles. The zero-order valence-corrected chi connectivity index (χ0v) is 10.8. The maximum Gasteiger partial charge on any atom is 0.119 e. The van der Waals surface area contributed by atoms with Gasteiger partial charge in [-0.05, 0) is 37.7 Å². The average molecular weight is 242 g/mol. The third-order valence-corrected chi connectivity index (χ3v) is 2.83. The van der Waals surface area contributed by atoms with E-state index in [2.05, 4.69) is 12.2 Å². The second kappa shape index (κ2) is 7.53. The van der Waals surface area contributed by atoms with Gasteiger partial charge in [-0.1, -0.05) is 31.4 Å². The van der Waals surface area contributed by atoms with Crippen molar-refractivity contribution in [3.63, 3.8) is 0 Å². The quantitative estimate of drug-likeness (QED) is 0.789. The maximum atomic E-state index is 5.80. The van der Waals surface area contributed by atoms with E-state index in [4.69, 9.17) is 16.3 Å². The smallest absolute Gasteiger partial charge is 0.119 e. The molecule has 3 heteroatoms. The summed E-state index contributed by atoms with van der Waals surface area (Å²) in [5.74, 6) is 0.876. The Bertz CT molecular complexity index is 286. The van der Waals surface area contributed by atoms with Gasteiger partial charge in [-0.15, -0.1) is 0 Å². The Hall–Kier alpha value is -0.730. The first-order chi connectivity index (χ1) is 7.76. The van der Waals surface area contributed by atoms with Crippen molar-refractivity contribution < 1.29 is 4.74 Å². The molecule has 90 valence electrons. The number of benzene rings is 1. The van der Waals surface area contributed by atoms with E-state index in [1.807, 2.05) is 31.3 Å². The van der Waals surface area contributed by atoms with Crippen molar-refractivity contribution in [3.8, 4) is 5.75 Å². The number of hydrogen-bond donors (Lipinski definition) is 1. The van der Waals surface area contributed by atoms with Gasteiger partial charge in [0.05, 0.1) is 0 Å². The van der Waals surface area contributed by atoms with Crippen molar-refractivity contribution in [3.05, 3.63) is 29.3 Å². The first-order valence-electron chi connectivity index (χ1n) is 5.82. The number of nitrogens with one attached hydrogen (secondary N) is 1. The van der Waals surface area contributed by atoms with Crippen LogP contribution in [0.25, 0.3) is 0 Å². The molecule has 0 aromatic heterocycles. The third-order valence-electron chi connectivity index (χ3n) is 2.58. The molecule has 0 spiro atoms. The van der Waals surface area contributed by atoms with Crippen molar-refractivity contribution in [2.24, 2.45) is 0 Å². The molecule has 0 heterocycles. The van der Waals surface area contributed by atoms with Crippen LogP contribution in [-0.2, 0) is 0 Å². The zero-order valence-electron chi connectivity index (χ0n) is 10.0. The van der Waals surface area contributed by atoms with Gasteiger partial charge in [0.1, 0.15) is 12.4 Å². The number of rotatable bonds is 7. The standard InChI is InChI=1S/C13H20ClNO/c1-3-4-5-12(15-2)10-16-13-8-6-11(14)7-9-13/h6-9,12,15H,3-5,10H2,1-2H3. The third kappa shape index (κ3) is 4.86. The molecule has 0 bridgehead atoms. The summed E-state index contributed by atoms with van der Waals surface area (Å²) >= 11 is 5.80. The van der Waals surface area contributed by atoms with Gasteiger partial charge >= 0.3 is 0 Å². The molecule has 1 aromatic carbocycles. The number of halogens is 1.